The van der Waals surface area contributed by atoms with Gasteiger partial charge < -0.3 is 30.7 Å². The minimum atomic E-state index is -0.376. The van der Waals surface area contributed by atoms with Crippen molar-refractivity contribution < 1.29 is 23.9 Å². The van der Waals surface area contributed by atoms with Crippen molar-refractivity contribution in [3.05, 3.63) is 53.6 Å². The highest BCUT2D eigenvalue weighted by Crippen LogP contribution is 2.32. The number of carbonyl (C=O) groups is 3. The van der Waals surface area contributed by atoms with Crippen LogP contribution in [0.5, 0.6) is 11.5 Å². The number of rotatable bonds is 7. The summed E-state index contributed by atoms with van der Waals surface area (Å²) in [5.41, 5.74) is 1.90. The Labute approximate surface area is 174 Å². The third-order valence-electron chi connectivity index (χ3n) is 4.17. The first kappa shape index (κ1) is 21.0. The van der Waals surface area contributed by atoms with E-state index in [0.29, 0.717) is 29.3 Å². The van der Waals surface area contributed by atoms with Crippen molar-refractivity contribution in [2.24, 2.45) is 0 Å². The first-order valence-corrected chi connectivity index (χ1v) is 9.51. The van der Waals surface area contributed by atoms with Crippen molar-refractivity contribution >= 4 is 23.5 Å². The van der Waals surface area contributed by atoms with Crippen molar-refractivity contribution in [3.8, 4) is 11.5 Å². The Kier molecular flexibility index (Phi) is 6.74. The molecule has 4 N–H and O–H groups in total. The van der Waals surface area contributed by atoms with Crippen LogP contribution in [0.3, 0.4) is 0 Å². The number of amides is 4. The second-order valence-electron chi connectivity index (χ2n) is 6.98. The number of hydrogen-bond acceptors (Lipinski definition) is 5. The van der Waals surface area contributed by atoms with Crippen LogP contribution in [0.15, 0.2) is 42.5 Å². The highest BCUT2D eigenvalue weighted by atomic mass is 16.7. The molecule has 1 heterocycles. The number of fused-ring (bicyclic) bond motifs is 1. The van der Waals surface area contributed by atoms with Crippen LogP contribution in [-0.4, -0.2) is 37.2 Å². The molecule has 0 bridgehead atoms. The number of carbonyl (C=O) groups excluding carboxylic acids is 3. The molecule has 9 heteroatoms. The summed E-state index contributed by atoms with van der Waals surface area (Å²) in [5, 5.41) is 10.8. The van der Waals surface area contributed by atoms with E-state index in [4.69, 9.17) is 9.47 Å². The molecule has 0 saturated heterocycles. The first-order chi connectivity index (χ1) is 14.4. The van der Waals surface area contributed by atoms with Crippen LogP contribution in [0.25, 0.3) is 0 Å². The molecule has 0 radical (unpaired) electrons. The second kappa shape index (κ2) is 9.64. The number of anilines is 1. The molecule has 0 saturated carbocycles. The van der Waals surface area contributed by atoms with E-state index in [2.05, 4.69) is 21.3 Å². The molecular weight excluding hydrogens is 388 g/mol. The van der Waals surface area contributed by atoms with Gasteiger partial charge in [-0.15, -0.1) is 0 Å². The van der Waals surface area contributed by atoms with E-state index in [1.807, 2.05) is 13.8 Å². The molecule has 0 atom stereocenters. The zero-order valence-corrected chi connectivity index (χ0v) is 16.8. The Bertz CT molecular complexity index is 927. The van der Waals surface area contributed by atoms with Crippen molar-refractivity contribution in [1.82, 2.24) is 16.0 Å². The Balaban J connectivity index is 1.41. The van der Waals surface area contributed by atoms with Gasteiger partial charge in [0, 0.05) is 23.8 Å². The number of benzene rings is 2. The quantitative estimate of drug-likeness (QED) is 0.555. The molecule has 158 valence electrons. The largest absolute Gasteiger partial charge is 0.454 e. The number of urea groups is 1. The first-order valence-electron chi connectivity index (χ1n) is 9.51. The molecular formula is C21H24N4O5. The Morgan fingerprint density at radius 1 is 0.967 bits per heavy atom. The zero-order valence-electron chi connectivity index (χ0n) is 16.8. The summed E-state index contributed by atoms with van der Waals surface area (Å²) >= 11 is 0. The predicted octanol–water partition coefficient (Wildman–Crippen LogP) is 1.99. The van der Waals surface area contributed by atoms with Crippen LogP contribution in [-0.2, 0) is 11.3 Å². The molecule has 0 spiro atoms. The van der Waals surface area contributed by atoms with E-state index in [0.717, 1.165) is 5.56 Å². The molecule has 2 aromatic carbocycles. The summed E-state index contributed by atoms with van der Waals surface area (Å²) in [6, 6.07) is 11.7. The molecule has 9 nitrogen and oxygen atoms in total. The van der Waals surface area contributed by atoms with Gasteiger partial charge in [-0.05, 0) is 49.7 Å². The van der Waals surface area contributed by atoms with Gasteiger partial charge in [-0.3, -0.25) is 9.59 Å². The molecule has 1 aliphatic heterocycles. The standard InChI is InChI=1S/C21H24N4O5/c1-13(2)24-21(28)25-16-6-3-14(4-7-16)10-22-19(26)11-23-20(27)15-5-8-17-18(9-15)30-12-29-17/h3-9,13H,10-12H2,1-2H3,(H,22,26)(H,23,27)(H2,24,25,28). The van der Waals surface area contributed by atoms with Gasteiger partial charge in [-0.2, -0.15) is 0 Å². The lowest BCUT2D eigenvalue weighted by atomic mass is 10.2. The molecule has 1 aliphatic rings. The van der Waals surface area contributed by atoms with Crippen LogP contribution < -0.4 is 30.7 Å². The number of hydrogen-bond donors (Lipinski definition) is 4. The van der Waals surface area contributed by atoms with E-state index in [1.165, 1.54) is 0 Å². The van der Waals surface area contributed by atoms with Crippen LogP contribution in [0.4, 0.5) is 10.5 Å². The van der Waals surface area contributed by atoms with Gasteiger partial charge in [-0.25, -0.2) is 4.79 Å². The Morgan fingerprint density at radius 3 is 2.43 bits per heavy atom. The van der Waals surface area contributed by atoms with E-state index >= 15 is 0 Å². The fraction of sp³-hybridized carbons (Fsp3) is 0.286. The number of ether oxygens (including phenoxy) is 2. The van der Waals surface area contributed by atoms with E-state index in [-0.39, 0.29) is 37.2 Å². The van der Waals surface area contributed by atoms with Gasteiger partial charge in [0.25, 0.3) is 5.91 Å². The molecule has 0 aliphatic carbocycles. The highest BCUT2D eigenvalue weighted by molar-refractivity contribution is 5.97. The van der Waals surface area contributed by atoms with Gasteiger partial charge in [0.1, 0.15) is 0 Å². The summed E-state index contributed by atoms with van der Waals surface area (Å²) in [6.07, 6.45) is 0. The van der Waals surface area contributed by atoms with Gasteiger partial charge in [0.15, 0.2) is 11.5 Å². The van der Waals surface area contributed by atoms with Gasteiger partial charge in [0.05, 0.1) is 6.54 Å². The van der Waals surface area contributed by atoms with E-state index in [9.17, 15) is 14.4 Å². The third kappa shape index (κ3) is 5.87. The van der Waals surface area contributed by atoms with Gasteiger partial charge in [0.2, 0.25) is 12.7 Å². The van der Waals surface area contributed by atoms with Crippen molar-refractivity contribution in [2.45, 2.75) is 26.4 Å². The summed E-state index contributed by atoms with van der Waals surface area (Å²) in [6.45, 7) is 4.04. The van der Waals surface area contributed by atoms with Crippen LogP contribution in [0.2, 0.25) is 0 Å². The molecule has 0 fully saturated rings. The predicted molar refractivity (Wildman–Crippen MR) is 110 cm³/mol. The lowest BCUT2D eigenvalue weighted by Gasteiger charge is -2.11. The van der Waals surface area contributed by atoms with Crippen LogP contribution >= 0.6 is 0 Å². The SMILES string of the molecule is CC(C)NC(=O)Nc1ccc(CNC(=O)CNC(=O)c2ccc3c(c2)OCO3)cc1. The van der Waals surface area contributed by atoms with Crippen molar-refractivity contribution in [3.63, 3.8) is 0 Å². The van der Waals surface area contributed by atoms with Crippen LogP contribution in [0, 0.1) is 0 Å². The molecule has 0 unspecified atom stereocenters. The Hall–Kier alpha value is -3.75. The smallest absolute Gasteiger partial charge is 0.319 e. The third-order valence-corrected chi connectivity index (χ3v) is 4.17. The average Bonchev–Trinajstić information content (AvgIpc) is 3.18. The monoisotopic (exact) mass is 412 g/mol. The molecule has 2 aromatic rings. The van der Waals surface area contributed by atoms with E-state index < -0.39 is 0 Å². The Morgan fingerprint density at radius 2 is 1.70 bits per heavy atom. The molecule has 0 aromatic heterocycles. The fourth-order valence-electron chi connectivity index (χ4n) is 2.70. The topological polar surface area (TPSA) is 118 Å². The summed E-state index contributed by atoms with van der Waals surface area (Å²) in [5.74, 6) is 0.402. The maximum atomic E-state index is 12.2. The maximum Gasteiger partial charge on any atom is 0.319 e. The zero-order chi connectivity index (χ0) is 21.5. The molecule has 3 rings (SSSR count). The second-order valence-corrected chi connectivity index (χ2v) is 6.98. The fourth-order valence-corrected chi connectivity index (χ4v) is 2.70. The average molecular weight is 412 g/mol. The lowest BCUT2D eigenvalue weighted by Crippen LogP contribution is -2.36. The van der Waals surface area contributed by atoms with Crippen molar-refractivity contribution in [1.29, 1.82) is 0 Å². The minimum absolute atomic E-state index is 0.0463. The number of nitrogens with one attached hydrogen (secondary N) is 4. The summed E-state index contributed by atoms with van der Waals surface area (Å²) in [7, 11) is 0. The highest BCUT2D eigenvalue weighted by Gasteiger charge is 2.16. The van der Waals surface area contributed by atoms with Gasteiger partial charge in [-0.1, -0.05) is 12.1 Å². The molecule has 4 amide bonds. The maximum absolute atomic E-state index is 12.2. The normalized spacial score (nSPS) is 11.7. The lowest BCUT2D eigenvalue weighted by molar-refractivity contribution is -0.120. The van der Waals surface area contributed by atoms with Crippen LogP contribution in [0.1, 0.15) is 29.8 Å². The van der Waals surface area contributed by atoms with E-state index in [1.54, 1.807) is 42.5 Å². The summed E-state index contributed by atoms with van der Waals surface area (Å²) in [4.78, 5) is 35.9. The molecule has 30 heavy (non-hydrogen) atoms. The van der Waals surface area contributed by atoms with Gasteiger partial charge >= 0.3 is 6.03 Å². The van der Waals surface area contributed by atoms with Crippen molar-refractivity contribution in [2.75, 3.05) is 18.7 Å². The minimum Gasteiger partial charge on any atom is -0.454 e. The summed E-state index contributed by atoms with van der Waals surface area (Å²) < 4.78 is 10.4.